The van der Waals surface area contributed by atoms with E-state index in [9.17, 15) is 4.55 Å². The first kappa shape index (κ1) is 12.3. The normalized spacial score (nSPS) is 12.8. The molecule has 3 nitrogen and oxygen atoms in total. The van der Waals surface area contributed by atoms with Gasteiger partial charge >= 0.3 is 0 Å². The van der Waals surface area contributed by atoms with E-state index in [4.69, 9.17) is 0 Å². The number of hydrogen-bond donors (Lipinski definition) is 0. The Morgan fingerprint density at radius 3 is 2.47 bits per heavy atom. The number of benzene rings is 2. The summed E-state index contributed by atoms with van der Waals surface area (Å²) in [5.74, 6) is 0.854. The molecule has 19 heavy (non-hydrogen) atoms. The van der Waals surface area contributed by atoms with Gasteiger partial charge in [0.1, 0.15) is 12.1 Å². The minimum absolute atomic E-state index is 0.820. The van der Waals surface area contributed by atoms with Crippen molar-refractivity contribution in [2.45, 2.75) is 4.90 Å². The highest BCUT2D eigenvalue weighted by Crippen LogP contribution is 2.28. The van der Waals surface area contributed by atoms with Crippen LogP contribution in [0.2, 0.25) is 0 Å². The van der Waals surface area contributed by atoms with Crippen LogP contribution in [0.3, 0.4) is 0 Å². The van der Waals surface area contributed by atoms with Crippen molar-refractivity contribution in [3.05, 3.63) is 48.5 Å². The maximum atomic E-state index is 11.8. The lowest BCUT2D eigenvalue weighted by atomic mass is 10.2. The summed E-state index contributed by atoms with van der Waals surface area (Å²) >= 11 is -1.02. The number of nitrogens with zero attached hydrogens (tertiary/aromatic N) is 2. The Labute approximate surface area is 115 Å². The second kappa shape index (κ2) is 4.72. The lowest BCUT2D eigenvalue weighted by Gasteiger charge is -2.09. The van der Waals surface area contributed by atoms with Crippen molar-refractivity contribution in [3.63, 3.8) is 0 Å². The summed E-state index contributed by atoms with van der Waals surface area (Å²) in [4.78, 5) is 5.47. The molecule has 1 aromatic heterocycles. The molecule has 1 unspecified atom stereocenters. The second-order valence-corrected chi connectivity index (χ2v) is 5.78. The van der Waals surface area contributed by atoms with Crippen molar-refractivity contribution in [3.8, 4) is 11.4 Å². The van der Waals surface area contributed by atoms with E-state index < -0.39 is 11.2 Å². The fourth-order valence-corrected chi connectivity index (χ4v) is 3.03. The van der Waals surface area contributed by atoms with Crippen LogP contribution in [0.4, 0.5) is 0 Å². The Hall–Kier alpha value is -1.78. The average Bonchev–Trinajstić information content (AvgIpc) is 2.76. The van der Waals surface area contributed by atoms with E-state index >= 15 is 0 Å². The van der Waals surface area contributed by atoms with E-state index in [2.05, 4.69) is 4.98 Å². The lowest BCUT2D eigenvalue weighted by Crippen LogP contribution is -2.02. The summed E-state index contributed by atoms with van der Waals surface area (Å²) in [6.07, 6.45) is 1.70. The zero-order valence-corrected chi connectivity index (χ0v) is 11.6. The van der Waals surface area contributed by atoms with Gasteiger partial charge in [-0.25, -0.2) is 4.98 Å². The molecule has 1 heterocycles. The Bertz CT molecular complexity index is 734. The summed E-state index contributed by atoms with van der Waals surface area (Å²) in [5.41, 5.74) is 2.97. The van der Waals surface area contributed by atoms with Gasteiger partial charge in [0.25, 0.3) is 0 Å². The monoisotopic (exact) mass is 270 g/mol. The zero-order chi connectivity index (χ0) is 13.4. The Morgan fingerprint density at radius 2 is 1.74 bits per heavy atom. The maximum Gasteiger partial charge on any atom is 0.163 e. The van der Waals surface area contributed by atoms with E-state index in [0.29, 0.717) is 0 Å². The summed E-state index contributed by atoms with van der Waals surface area (Å²) in [5, 5.41) is 0. The highest BCUT2D eigenvalue weighted by Gasteiger charge is 2.17. The quantitative estimate of drug-likeness (QED) is 0.672. The van der Waals surface area contributed by atoms with E-state index in [0.717, 1.165) is 27.3 Å². The largest absolute Gasteiger partial charge is 0.612 e. The van der Waals surface area contributed by atoms with Crippen molar-refractivity contribution >= 4 is 22.2 Å². The van der Waals surface area contributed by atoms with Crippen LogP contribution in [-0.4, -0.2) is 20.4 Å². The van der Waals surface area contributed by atoms with Crippen molar-refractivity contribution in [2.24, 2.45) is 7.05 Å². The minimum atomic E-state index is -1.02. The van der Waals surface area contributed by atoms with Gasteiger partial charge in [-0.15, -0.1) is 0 Å². The zero-order valence-electron chi connectivity index (χ0n) is 10.8. The van der Waals surface area contributed by atoms with Gasteiger partial charge in [-0.05, 0) is 35.4 Å². The van der Waals surface area contributed by atoms with Crippen molar-refractivity contribution < 1.29 is 4.55 Å². The molecule has 0 radical (unpaired) electrons. The summed E-state index contributed by atoms with van der Waals surface area (Å²) in [6, 6.07) is 15.7. The first-order chi connectivity index (χ1) is 9.18. The number of aryl methyl sites for hydroxylation is 1. The molecule has 1 atom stereocenters. The molecule has 0 spiro atoms. The Morgan fingerprint density at radius 1 is 1.05 bits per heavy atom. The van der Waals surface area contributed by atoms with E-state index in [1.807, 2.05) is 60.1 Å². The fraction of sp³-hybridized carbons (Fsp3) is 0.133. The topological polar surface area (TPSA) is 40.9 Å². The number of para-hydroxylation sites is 2. The fourth-order valence-electron chi connectivity index (χ4n) is 2.29. The van der Waals surface area contributed by atoms with E-state index in [-0.39, 0.29) is 0 Å². The van der Waals surface area contributed by atoms with Gasteiger partial charge in [0.15, 0.2) is 4.90 Å². The van der Waals surface area contributed by atoms with Crippen molar-refractivity contribution in [2.75, 3.05) is 6.26 Å². The predicted octanol–water partition coefficient (Wildman–Crippen LogP) is 2.98. The number of imidazole rings is 1. The minimum Gasteiger partial charge on any atom is -0.612 e. The van der Waals surface area contributed by atoms with Crippen LogP contribution < -0.4 is 0 Å². The van der Waals surface area contributed by atoms with Gasteiger partial charge < -0.3 is 9.12 Å². The molecule has 3 rings (SSSR count). The first-order valence-corrected chi connectivity index (χ1v) is 7.58. The van der Waals surface area contributed by atoms with Crippen LogP contribution in [0.5, 0.6) is 0 Å². The molecular weight excluding hydrogens is 256 g/mol. The number of fused-ring (bicyclic) bond motifs is 1. The third-order valence-corrected chi connectivity index (χ3v) is 4.20. The molecule has 2 aromatic carbocycles. The third-order valence-electron chi connectivity index (χ3n) is 3.22. The van der Waals surface area contributed by atoms with Gasteiger partial charge in [0.2, 0.25) is 0 Å². The maximum absolute atomic E-state index is 11.8. The van der Waals surface area contributed by atoms with Gasteiger partial charge in [0, 0.05) is 7.05 Å². The van der Waals surface area contributed by atoms with Crippen LogP contribution >= 0.6 is 0 Å². The standard InChI is InChI=1S/C15H14N2OS/c1-17-13-9-5-4-8-12(13)16-15(17)11-7-3-6-10-14(11)19(2)18/h3-10H,1-2H3. The van der Waals surface area contributed by atoms with Crippen LogP contribution in [0.15, 0.2) is 53.4 Å². The lowest BCUT2D eigenvalue weighted by molar-refractivity contribution is 0.601. The SMILES string of the molecule is Cn1c(-c2ccccc2[S+](C)[O-])nc2ccccc21. The number of hydrogen-bond acceptors (Lipinski definition) is 2. The third kappa shape index (κ3) is 2.03. The summed E-state index contributed by atoms with van der Waals surface area (Å²) in [7, 11) is 1.99. The molecule has 0 bridgehead atoms. The molecule has 0 N–H and O–H groups in total. The van der Waals surface area contributed by atoms with Gasteiger partial charge in [-0.2, -0.15) is 0 Å². The van der Waals surface area contributed by atoms with E-state index in [1.165, 1.54) is 0 Å². The second-order valence-electron chi connectivity index (χ2n) is 4.43. The van der Waals surface area contributed by atoms with Gasteiger partial charge in [-0.1, -0.05) is 24.3 Å². The summed E-state index contributed by atoms with van der Waals surface area (Å²) < 4.78 is 13.9. The molecule has 0 aliphatic heterocycles. The van der Waals surface area contributed by atoms with Crippen molar-refractivity contribution in [1.82, 2.24) is 9.55 Å². The first-order valence-electron chi connectivity index (χ1n) is 6.03. The average molecular weight is 270 g/mol. The van der Waals surface area contributed by atoms with Crippen LogP contribution in [0.25, 0.3) is 22.4 Å². The molecule has 96 valence electrons. The Kier molecular flexibility index (Phi) is 3.05. The van der Waals surface area contributed by atoms with Crippen molar-refractivity contribution in [1.29, 1.82) is 0 Å². The molecule has 0 amide bonds. The van der Waals surface area contributed by atoms with Crippen LogP contribution in [0.1, 0.15) is 0 Å². The highest BCUT2D eigenvalue weighted by atomic mass is 32.2. The molecule has 0 saturated carbocycles. The number of rotatable bonds is 2. The molecule has 0 fully saturated rings. The molecule has 4 heteroatoms. The molecule has 0 aliphatic carbocycles. The van der Waals surface area contributed by atoms with Gasteiger partial charge in [-0.3, -0.25) is 0 Å². The highest BCUT2D eigenvalue weighted by molar-refractivity contribution is 7.90. The Balaban J connectivity index is 2.28. The molecular formula is C15H14N2OS. The van der Waals surface area contributed by atoms with Crippen LogP contribution in [0, 0.1) is 0 Å². The van der Waals surface area contributed by atoms with E-state index in [1.54, 1.807) is 6.26 Å². The number of aromatic nitrogens is 2. The molecule has 3 aromatic rings. The summed E-state index contributed by atoms with van der Waals surface area (Å²) in [6.45, 7) is 0. The molecule has 0 saturated heterocycles. The molecule has 0 aliphatic rings. The smallest absolute Gasteiger partial charge is 0.163 e. The predicted molar refractivity (Wildman–Crippen MR) is 78.5 cm³/mol. The van der Waals surface area contributed by atoms with Crippen LogP contribution in [-0.2, 0) is 18.2 Å². The van der Waals surface area contributed by atoms with Gasteiger partial charge in [0.05, 0.1) is 16.6 Å².